The van der Waals surface area contributed by atoms with Gasteiger partial charge in [-0.05, 0) is 26.0 Å². The van der Waals surface area contributed by atoms with Crippen molar-refractivity contribution in [1.82, 2.24) is 15.6 Å². The second-order valence-electron chi connectivity index (χ2n) is 5.28. The number of benzene rings is 1. The lowest BCUT2D eigenvalue weighted by Gasteiger charge is -2.16. The number of hydrogen-bond acceptors (Lipinski definition) is 4. The normalized spacial score (nSPS) is 11.8. The first kappa shape index (κ1) is 20.7. The summed E-state index contributed by atoms with van der Waals surface area (Å²) in [6.45, 7) is 1.61. The molecule has 0 spiro atoms. The molecular formula is C16H18Cl2F2N4OS. The van der Waals surface area contributed by atoms with Gasteiger partial charge in [0.05, 0.1) is 22.3 Å². The molecule has 1 aromatic carbocycles. The van der Waals surface area contributed by atoms with Gasteiger partial charge in [0.15, 0.2) is 5.96 Å². The quantitative estimate of drug-likeness (QED) is 0.530. The summed E-state index contributed by atoms with van der Waals surface area (Å²) in [6.07, 6.45) is 0. The van der Waals surface area contributed by atoms with E-state index in [0.717, 1.165) is 15.6 Å². The van der Waals surface area contributed by atoms with E-state index in [-0.39, 0.29) is 17.3 Å². The molecule has 0 atom stereocenters. The summed E-state index contributed by atoms with van der Waals surface area (Å²) in [7, 11) is 1.61. The van der Waals surface area contributed by atoms with Crippen molar-refractivity contribution in [2.75, 3.05) is 7.05 Å². The van der Waals surface area contributed by atoms with Crippen LogP contribution in [-0.4, -0.2) is 24.6 Å². The zero-order valence-corrected chi connectivity index (χ0v) is 16.7. The van der Waals surface area contributed by atoms with Crippen molar-refractivity contribution in [2.45, 2.75) is 33.5 Å². The lowest BCUT2D eigenvalue weighted by molar-refractivity contribution is -0.0504. The summed E-state index contributed by atoms with van der Waals surface area (Å²) in [4.78, 5) is 9.58. The van der Waals surface area contributed by atoms with Gasteiger partial charge in [-0.3, -0.25) is 4.99 Å². The van der Waals surface area contributed by atoms with E-state index in [4.69, 9.17) is 23.2 Å². The SMILES string of the molecule is CN=C(NCc1cc(Cl)cc(Cl)c1OC(F)F)NCc1sc(C)nc1C. The van der Waals surface area contributed by atoms with Crippen LogP contribution in [0.3, 0.4) is 0 Å². The topological polar surface area (TPSA) is 58.5 Å². The van der Waals surface area contributed by atoms with Gasteiger partial charge >= 0.3 is 6.61 Å². The number of hydrogen-bond donors (Lipinski definition) is 2. The Balaban J connectivity index is 2.05. The van der Waals surface area contributed by atoms with E-state index < -0.39 is 6.61 Å². The maximum atomic E-state index is 12.6. The van der Waals surface area contributed by atoms with Crippen molar-refractivity contribution >= 4 is 40.5 Å². The molecule has 2 N–H and O–H groups in total. The van der Waals surface area contributed by atoms with Crippen molar-refractivity contribution in [3.8, 4) is 5.75 Å². The summed E-state index contributed by atoms with van der Waals surface area (Å²) < 4.78 is 29.8. The second kappa shape index (κ2) is 9.34. The minimum Gasteiger partial charge on any atom is -0.433 e. The first-order valence-electron chi connectivity index (χ1n) is 7.60. The fourth-order valence-corrected chi connectivity index (χ4v) is 3.72. The Bertz CT molecular complexity index is 799. The molecule has 26 heavy (non-hydrogen) atoms. The van der Waals surface area contributed by atoms with Crippen molar-refractivity contribution in [3.05, 3.63) is 43.3 Å². The number of guanidine groups is 1. The molecule has 0 unspecified atom stereocenters. The highest BCUT2D eigenvalue weighted by Gasteiger charge is 2.15. The lowest BCUT2D eigenvalue weighted by atomic mass is 10.2. The van der Waals surface area contributed by atoms with E-state index in [1.54, 1.807) is 18.4 Å². The number of nitrogens with zero attached hydrogens (tertiary/aromatic N) is 2. The summed E-state index contributed by atoms with van der Waals surface area (Å²) in [5.74, 6) is 0.387. The van der Waals surface area contributed by atoms with Gasteiger partial charge in [0.25, 0.3) is 0 Å². The van der Waals surface area contributed by atoms with Gasteiger partial charge in [-0.25, -0.2) is 4.98 Å². The minimum atomic E-state index is -2.98. The smallest absolute Gasteiger partial charge is 0.387 e. The molecule has 0 saturated heterocycles. The third-order valence-electron chi connectivity index (χ3n) is 3.38. The van der Waals surface area contributed by atoms with E-state index in [9.17, 15) is 8.78 Å². The van der Waals surface area contributed by atoms with Crippen molar-refractivity contribution in [2.24, 2.45) is 4.99 Å². The fourth-order valence-electron chi connectivity index (χ4n) is 2.27. The van der Waals surface area contributed by atoms with E-state index >= 15 is 0 Å². The van der Waals surface area contributed by atoms with Gasteiger partial charge in [0.1, 0.15) is 5.75 Å². The van der Waals surface area contributed by atoms with Crippen molar-refractivity contribution in [3.63, 3.8) is 0 Å². The number of nitrogens with one attached hydrogen (secondary N) is 2. The van der Waals surface area contributed by atoms with E-state index in [2.05, 4.69) is 25.3 Å². The van der Waals surface area contributed by atoms with Crippen LogP contribution in [-0.2, 0) is 13.1 Å². The molecule has 0 saturated carbocycles. The number of thiazole rings is 1. The minimum absolute atomic E-state index is 0.0216. The first-order chi connectivity index (χ1) is 12.3. The second-order valence-corrected chi connectivity index (χ2v) is 7.41. The Morgan fingerprint density at radius 2 is 1.96 bits per heavy atom. The Labute approximate surface area is 164 Å². The van der Waals surface area contributed by atoms with Gasteiger partial charge in [-0.2, -0.15) is 8.78 Å². The monoisotopic (exact) mass is 422 g/mol. The van der Waals surface area contributed by atoms with Crippen LogP contribution >= 0.6 is 34.5 Å². The molecule has 0 fully saturated rings. The van der Waals surface area contributed by atoms with Crippen LogP contribution in [0.2, 0.25) is 10.0 Å². The molecule has 2 rings (SSSR count). The number of alkyl halides is 2. The molecule has 0 radical (unpaired) electrons. The van der Waals surface area contributed by atoms with Crippen LogP contribution in [0.1, 0.15) is 21.1 Å². The summed E-state index contributed by atoms with van der Waals surface area (Å²) >= 11 is 13.5. The van der Waals surface area contributed by atoms with Crippen molar-refractivity contribution in [1.29, 1.82) is 0 Å². The number of rotatable bonds is 6. The van der Waals surface area contributed by atoms with Gasteiger partial charge in [0.2, 0.25) is 0 Å². The van der Waals surface area contributed by atoms with Crippen molar-refractivity contribution < 1.29 is 13.5 Å². The zero-order chi connectivity index (χ0) is 19.3. The largest absolute Gasteiger partial charge is 0.433 e. The Morgan fingerprint density at radius 1 is 1.27 bits per heavy atom. The average molecular weight is 423 g/mol. The fraction of sp³-hybridized carbons (Fsp3) is 0.375. The number of ether oxygens (including phenoxy) is 1. The zero-order valence-electron chi connectivity index (χ0n) is 14.4. The van der Waals surface area contributed by atoms with Crippen LogP contribution in [0.5, 0.6) is 5.75 Å². The molecule has 0 amide bonds. The Hall–Kier alpha value is -1.64. The Morgan fingerprint density at radius 3 is 2.54 bits per heavy atom. The van der Waals surface area contributed by atoms with Crippen LogP contribution in [0.25, 0.3) is 0 Å². The van der Waals surface area contributed by atoms with Gasteiger partial charge in [0, 0.05) is 29.1 Å². The number of aromatic nitrogens is 1. The predicted octanol–water partition coefficient (Wildman–Crippen LogP) is 4.53. The number of halogens is 4. The summed E-state index contributed by atoms with van der Waals surface area (Å²) in [6, 6.07) is 2.87. The third-order valence-corrected chi connectivity index (χ3v) is 4.95. The Kier molecular flexibility index (Phi) is 7.43. The van der Waals surface area contributed by atoms with E-state index in [0.29, 0.717) is 23.1 Å². The molecular weight excluding hydrogens is 405 g/mol. The molecule has 0 aliphatic rings. The number of aryl methyl sites for hydroxylation is 2. The first-order valence-corrected chi connectivity index (χ1v) is 9.17. The molecule has 0 aliphatic heterocycles. The highest BCUT2D eigenvalue weighted by molar-refractivity contribution is 7.11. The van der Waals surface area contributed by atoms with Crippen LogP contribution in [0, 0.1) is 13.8 Å². The van der Waals surface area contributed by atoms with Gasteiger partial charge in [-0.1, -0.05) is 23.2 Å². The van der Waals surface area contributed by atoms with Crippen LogP contribution in [0.15, 0.2) is 17.1 Å². The van der Waals surface area contributed by atoms with Gasteiger partial charge < -0.3 is 15.4 Å². The van der Waals surface area contributed by atoms with Crippen LogP contribution in [0.4, 0.5) is 8.78 Å². The van der Waals surface area contributed by atoms with E-state index in [1.807, 2.05) is 13.8 Å². The molecule has 0 bridgehead atoms. The third kappa shape index (κ3) is 5.69. The van der Waals surface area contributed by atoms with Gasteiger partial charge in [-0.15, -0.1) is 11.3 Å². The predicted molar refractivity (Wildman–Crippen MR) is 102 cm³/mol. The van der Waals surface area contributed by atoms with E-state index in [1.165, 1.54) is 12.1 Å². The summed E-state index contributed by atoms with van der Waals surface area (Å²) in [5, 5.41) is 7.52. The molecule has 142 valence electrons. The molecule has 0 aliphatic carbocycles. The molecule has 1 heterocycles. The highest BCUT2D eigenvalue weighted by atomic mass is 35.5. The lowest BCUT2D eigenvalue weighted by Crippen LogP contribution is -2.36. The summed E-state index contributed by atoms with van der Waals surface area (Å²) in [5.41, 5.74) is 1.36. The van der Waals surface area contributed by atoms with Crippen LogP contribution < -0.4 is 15.4 Å². The number of aliphatic imine (C=N–C) groups is 1. The highest BCUT2D eigenvalue weighted by Crippen LogP contribution is 2.33. The maximum Gasteiger partial charge on any atom is 0.387 e. The molecule has 5 nitrogen and oxygen atoms in total. The molecule has 1 aromatic heterocycles. The maximum absolute atomic E-state index is 12.6. The molecule has 2 aromatic rings. The standard InChI is InChI=1S/C16H18Cl2F2N4OS/c1-8-13(26-9(2)24-8)7-23-16(21-3)22-6-10-4-11(17)5-12(18)14(10)25-15(19)20/h4-5,15H,6-7H2,1-3H3,(H2,21,22,23). The molecule has 10 heteroatoms. The average Bonchev–Trinajstić information content (AvgIpc) is 2.88.